The van der Waals surface area contributed by atoms with E-state index in [9.17, 15) is 4.39 Å². The van der Waals surface area contributed by atoms with Crippen LogP contribution in [0.15, 0.2) is 29.4 Å². The molecule has 2 aromatic rings. The molecule has 0 radical (unpaired) electrons. The molecule has 0 saturated carbocycles. The summed E-state index contributed by atoms with van der Waals surface area (Å²) in [5, 5.41) is 6.67. The van der Waals surface area contributed by atoms with Crippen LogP contribution in [0.2, 0.25) is 0 Å². The molecule has 1 aromatic heterocycles. The molecule has 5 rings (SSSR count). The number of benzene rings is 1. The molecule has 2 atom stereocenters. The Morgan fingerprint density at radius 2 is 2.04 bits per heavy atom. The monoisotopic (exact) mass is 338 g/mol. The maximum atomic E-state index is 14.2. The second-order valence-electron chi connectivity index (χ2n) is 6.92. The lowest BCUT2D eigenvalue weighted by Gasteiger charge is -2.32. The number of fused-ring (bicyclic) bond motifs is 3. The number of aliphatic imine (C=N–C) groups is 1. The normalized spacial score (nSPS) is 23.8. The molecule has 0 amide bonds. The molecule has 2 unspecified atom stereocenters. The Labute approximate surface area is 145 Å². The number of halogens is 1. The van der Waals surface area contributed by atoms with Crippen molar-refractivity contribution in [3.63, 3.8) is 0 Å². The van der Waals surface area contributed by atoms with Crippen molar-refractivity contribution in [1.29, 1.82) is 0 Å². The first kappa shape index (κ1) is 14.8. The zero-order valence-electron chi connectivity index (χ0n) is 13.7. The molecule has 3 aliphatic rings. The first-order chi connectivity index (χ1) is 12.2. The van der Waals surface area contributed by atoms with Crippen molar-refractivity contribution in [3.05, 3.63) is 41.3 Å². The van der Waals surface area contributed by atoms with E-state index in [4.69, 9.17) is 0 Å². The van der Waals surface area contributed by atoms with Crippen molar-refractivity contribution in [2.24, 2.45) is 4.99 Å². The number of aromatic nitrogens is 2. The van der Waals surface area contributed by atoms with Gasteiger partial charge in [0.25, 0.3) is 0 Å². The second kappa shape index (κ2) is 5.77. The summed E-state index contributed by atoms with van der Waals surface area (Å²) in [6, 6.07) is 6.89. The molecular weight excluding hydrogens is 319 g/mol. The Bertz CT molecular complexity index is 839. The maximum absolute atomic E-state index is 14.2. The Morgan fingerprint density at radius 3 is 2.88 bits per heavy atom. The number of nitrogens with one attached hydrogen (secondary N) is 2. The topological polar surface area (TPSA) is 65.4 Å². The third kappa shape index (κ3) is 2.74. The number of nitrogens with zero attached hydrogens (tertiary/aromatic N) is 4. The summed E-state index contributed by atoms with van der Waals surface area (Å²) < 4.78 is 14.2. The van der Waals surface area contributed by atoms with Crippen molar-refractivity contribution in [2.75, 3.05) is 23.3 Å². The third-order valence-corrected chi connectivity index (χ3v) is 5.13. The lowest BCUT2D eigenvalue weighted by atomic mass is 10.1. The SMILES string of the molecule is Fc1cnc(N2CC3CCC(C2)N3)nc1Nc1ccc2c(c1)C=NC2. The minimum atomic E-state index is -0.448. The Morgan fingerprint density at radius 1 is 1.20 bits per heavy atom. The van der Waals surface area contributed by atoms with Crippen LogP contribution in [0.5, 0.6) is 0 Å². The zero-order chi connectivity index (χ0) is 16.8. The average molecular weight is 338 g/mol. The van der Waals surface area contributed by atoms with Gasteiger partial charge in [0.05, 0.1) is 12.7 Å². The molecule has 1 aromatic carbocycles. The summed E-state index contributed by atoms with van der Waals surface area (Å²) in [5.41, 5.74) is 3.06. The van der Waals surface area contributed by atoms with Gasteiger partial charge in [-0.2, -0.15) is 4.98 Å². The van der Waals surface area contributed by atoms with Gasteiger partial charge in [0, 0.05) is 37.1 Å². The molecule has 7 heteroatoms. The lowest BCUT2D eigenvalue weighted by molar-refractivity contribution is 0.460. The summed E-state index contributed by atoms with van der Waals surface area (Å²) in [6.45, 7) is 2.46. The number of rotatable bonds is 3. The lowest BCUT2D eigenvalue weighted by Crippen LogP contribution is -2.51. The van der Waals surface area contributed by atoms with Crippen LogP contribution in [-0.4, -0.2) is 41.4 Å². The minimum absolute atomic E-state index is 0.214. The van der Waals surface area contributed by atoms with Crippen LogP contribution in [-0.2, 0) is 6.54 Å². The van der Waals surface area contributed by atoms with Gasteiger partial charge in [0.15, 0.2) is 11.6 Å². The molecule has 3 aliphatic heterocycles. The summed E-state index contributed by atoms with van der Waals surface area (Å²) in [4.78, 5) is 15.1. The summed E-state index contributed by atoms with van der Waals surface area (Å²) in [5.74, 6) is 0.354. The van der Waals surface area contributed by atoms with Gasteiger partial charge in [-0.25, -0.2) is 9.37 Å². The molecule has 0 aliphatic carbocycles. The van der Waals surface area contributed by atoms with Gasteiger partial charge in [-0.1, -0.05) is 6.07 Å². The third-order valence-electron chi connectivity index (χ3n) is 5.13. The van der Waals surface area contributed by atoms with E-state index in [1.54, 1.807) is 0 Å². The van der Waals surface area contributed by atoms with Gasteiger partial charge < -0.3 is 15.5 Å². The quantitative estimate of drug-likeness (QED) is 0.898. The highest BCUT2D eigenvalue weighted by Crippen LogP contribution is 2.26. The smallest absolute Gasteiger partial charge is 0.227 e. The second-order valence-corrected chi connectivity index (χ2v) is 6.92. The summed E-state index contributed by atoms with van der Waals surface area (Å²) in [7, 11) is 0. The molecule has 2 bridgehead atoms. The largest absolute Gasteiger partial charge is 0.338 e. The molecule has 0 spiro atoms. The first-order valence-corrected chi connectivity index (χ1v) is 8.68. The molecule has 128 valence electrons. The Balaban J connectivity index is 1.40. The number of hydrogen-bond donors (Lipinski definition) is 2. The predicted molar refractivity (Wildman–Crippen MR) is 95.2 cm³/mol. The summed E-state index contributed by atoms with van der Waals surface area (Å²) >= 11 is 0. The fourth-order valence-electron chi connectivity index (χ4n) is 3.87. The average Bonchev–Trinajstić information content (AvgIpc) is 3.22. The van der Waals surface area contributed by atoms with Crippen LogP contribution >= 0.6 is 0 Å². The highest BCUT2D eigenvalue weighted by molar-refractivity contribution is 5.86. The van der Waals surface area contributed by atoms with Crippen LogP contribution < -0.4 is 15.5 Å². The van der Waals surface area contributed by atoms with Crippen molar-refractivity contribution in [1.82, 2.24) is 15.3 Å². The van der Waals surface area contributed by atoms with Crippen molar-refractivity contribution < 1.29 is 4.39 Å². The number of anilines is 3. The van der Waals surface area contributed by atoms with Gasteiger partial charge >= 0.3 is 0 Å². The van der Waals surface area contributed by atoms with Crippen LogP contribution in [0.4, 0.5) is 21.8 Å². The van der Waals surface area contributed by atoms with E-state index in [2.05, 4.69) is 30.5 Å². The van der Waals surface area contributed by atoms with Crippen molar-refractivity contribution >= 4 is 23.7 Å². The Hall–Kier alpha value is -2.54. The zero-order valence-corrected chi connectivity index (χ0v) is 13.7. The van der Waals surface area contributed by atoms with Crippen LogP contribution in [0.3, 0.4) is 0 Å². The van der Waals surface area contributed by atoms with E-state index in [0.717, 1.165) is 24.3 Å². The van der Waals surface area contributed by atoms with Gasteiger partial charge in [0.1, 0.15) is 0 Å². The first-order valence-electron chi connectivity index (χ1n) is 8.68. The van der Waals surface area contributed by atoms with E-state index in [0.29, 0.717) is 24.6 Å². The molecule has 2 fully saturated rings. The predicted octanol–water partition coefficient (Wildman–Crippen LogP) is 2.23. The van der Waals surface area contributed by atoms with E-state index in [1.165, 1.54) is 24.6 Å². The fraction of sp³-hybridized carbons (Fsp3) is 0.389. The van der Waals surface area contributed by atoms with E-state index in [-0.39, 0.29) is 5.82 Å². The van der Waals surface area contributed by atoms with E-state index < -0.39 is 5.82 Å². The van der Waals surface area contributed by atoms with E-state index >= 15 is 0 Å². The molecule has 4 heterocycles. The number of hydrogen-bond acceptors (Lipinski definition) is 6. The maximum Gasteiger partial charge on any atom is 0.227 e. The molecule has 25 heavy (non-hydrogen) atoms. The molecule has 2 saturated heterocycles. The van der Waals surface area contributed by atoms with E-state index in [1.807, 2.05) is 24.4 Å². The highest BCUT2D eigenvalue weighted by atomic mass is 19.1. The van der Waals surface area contributed by atoms with Crippen LogP contribution in [0.1, 0.15) is 24.0 Å². The van der Waals surface area contributed by atoms with Gasteiger partial charge in [-0.15, -0.1) is 0 Å². The molecule has 2 N–H and O–H groups in total. The van der Waals surface area contributed by atoms with Gasteiger partial charge in [0.2, 0.25) is 5.95 Å². The molecular formula is C18H19FN6. The Kier molecular flexibility index (Phi) is 3.41. The van der Waals surface area contributed by atoms with Crippen LogP contribution in [0.25, 0.3) is 0 Å². The van der Waals surface area contributed by atoms with Crippen LogP contribution in [0, 0.1) is 5.82 Å². The summed E-state index contributed by atoms with van der Waals surface area (Å²) in [6.07, 6.45) is 5.47. The standard InChI is InChI=1S/C18H19FN6/c19-16-8-21-18(25-9-14-3-4-15(10-25)22-14)24-17(16)23-13-2-1-11-6-20-7-12(11)5-13/h1-2,5,7-8,14-15,22H,3-4,6,9-10H2,(H,21,23,24). The molecule has 6 nitrogen and oxygen atoms in total. The highest BCUT2D eigenvalue weighted by Gasteiger charge is 2.33. The fourth-order valence-corrected chi connectivity index (χ4v) is 3.87. The van der Waals surface area contributed by atoms with Gasteiger partial charge in [-0.3, -0.25) is 4.99 Å². The van der Waals surface area contributed by atoms with Crippen molar-refractivity contribution in [3.8, 4) is 0 Å². The van der Waals surface area contributed by atoms with Gasteiger partial charge in [-0.05, 0) is 36.1 Å². The number of piperazine rings is 1. The minimum Gasteiger partial charge on any atom is -0.338 e. The van der Waals surface area contributed by atoms with Crippen molar-refractivity contribution in [2.45, 2.75) is 31.5 Å².